The molecule has 0 radical (unpaired) electrons. The fourth-order valence-corrected chi connectivity index (χ4v) is 3.57. The smallest absolute Gasteiger partial charge is 0.306 e. The molecule has 20 heavy (non-hydrogen) atoms. The van der Waals surface area contributed by atoms with Crippen molar-refractivity contribution in [3.8, 4) is 0 Å². The lowest BCUT2D eigenvalue weighted by atomic mass is 9.82. The molecule has 0 unspecified atom stereocenters. The highest BCUT2D eigenvalue weighted by atomic mass is 32.1. The monoisotopic (exact) mass is 295 g/mol. The zero-order valence-corrected chi connectivity index (χ0v) is 12.8. The van der Waals surface area contributed by atoms with Gasteiger partial charge in [-0.25, -0.2) is 0 Å². The summed E-state index contributed by atoms with van der Waals surface area (Å²) in [4.78, 5) is 24.8. The van der Waals surface area contributed by atoms with E-state index in [1.807, 2.05) is 19.9 Å². The number of thiophene rings is 1. The first-order valence-corrected chi connectivity index (χ1v) is 7.87. The summed E-state index contributed by atoms with van der Waals surface area (Å²) in [7, 11) is 0. The number of aryl methyl sites for hydroxylation is 2. The number of nitrogens with one attached hydrogen (secondary N) is 1. The second-order valence-corrected chi connectivity index (χ2v) is 6.87. The van der Waals surface area contributed by atoms with Crippen molar-refractivity contribution in [2.75, 3.05) is 6.54 Å². The van der Waals surface area contributed by atoms with E-state index < -0.39 is 5.97 Å². The molecule has 2 rings (SSSR count). The summed E-state index contributed by atoms with van der Waals surface area (Å²) in [5, 5.41) is 11.9. The van der Waals surface area contributed by atoms with Crippen molar-refractivity contribution in [3.63, 3.8) is 0 Å². The summed E-state index contributed by atoms with van der Waals surface area (Å²) >= 11 is 1.52. The number of rotatable bonds is 4. The van der Waals surface area contributed by atoms with Crippen molar-refractivity contribution in [1.29, 1.82) is 0 Å². The van der Waals surface area contributed by atoms with Gasteiger partial charge in [-0.1, -0.05) is 0 Å². The number of carbonyl (C=O) groups excluding carboxylic acids is 1. The maximum atomic E-state index is 12.0. The Kier molecular flexibility index (Phi) is 4.81. The molecular weight excluding hydrogens is 274 g/mol. The van der Waals surface area contributed by atoms with Gasteiger partial charge in [0.1, 0.15) is 0 Å². The Morgan fingerprint density at radius 3 is 2.45 bits per heavy atom. The molecule has 0 atom stereocenters. The molecule has 1 heterocycles. The van der Waals surface area contributed by atoms with Crippen molar-refractivity contribution in [2.45, 2.75) is 39.5 Å². The highest BCUT2D eigenvalue weighted by molar-refractivity contribution is 7.14. The molecule has 110 valence electrons. The molecule has 4 nitrogen and oxygen atoms in total. The largest absolute Gasteiger partial charge is 0.481 e. The van der Waals surface area contributed by atoms with E-state index in [-0.39, 0.29) is 11.8 Å². The maximum Gasteiger partial charge on any atom is 0.306 e. The molecule has 2 N–H and O–H groups in total. The van der Waals surface area contributed by atoms with Gasteiger partial charge in [-0.05, 0) is 57.1 Å². The summed E-state index contributed by atoms with van der Waals surface area (Å²) in [6, 6.07) is 1.93. The van der Waals surface area contributed by atoms with Crippen molar-refractivity contribution in [2.24, 2.45) is 11.8 Å². The van der Waals surface area contributed by atoms with Crippen LogP contribution in [0, 0.1) is 25.7 Å². The van der Waals surface area contributed by atoms with Crippen LogP contribution in [-0.2, 0) is 4.79 Å². The van der Waals surface area contributed by atoms with Gasteiger partial charge in [0.2, 0.25) is 0 Å². The highest BCUT2D eigenvalue weighted by Gasteiger charge is 2.26. The van der Waals surface area contributed by atoms with Gasteiger partial charge >= 0.3 is 5.97 Å². The number of aliphatic carboxylic acids is 1. The Morgan fingerprint density at radius 1 is 1.30 bits per heavy atom. The molecule has 1 amide bonds. The van der Waals surface area contributed by atoms with Crippen LogP contribution in [0.3, 0.4) is 0 Å². The molecule has 0 saturated heterocycles. The third-order valence-electron chi connectivity index (χ3n) is 4.14. The Balaban J connectivity index is 1.78. The van der Waals surface area contributed by atoms with Crippen LogP contribution in [-0.4, -0.2) is 23.5 Å². The van der Waals surface area contributed by atoms with Gasteiger partial charge in [0, 0.05) is 11.4 Å². The van der Waals surface area contributed by atoms with Crippen molar-refractivity contribution >= 4 is 23.2 Å². The Morgan fingerprint density at radius 2 is 1.95 bits per heavy atom. The van der Waals surface area contributed by atoms with Gasteiger partial charge in [-0.2, -0.15) is 0 Å². The van der Waals surface area contributed by atoms with Crippen LogP contribution in [0.2, 0.25) is 0 Å². The molecular formula is C15H21NO3S. The van der Waals surface area contributed by atoms with E-state index in [4.69, 9.17) is 5.11 Å². The van der Waals surface area contributed by atoms with E-state index in [2.05, 4.69) is 5.32 Å². The molecule has 1 aliphatic rings. The van der Waals surface area contributed by atoms with E-state index in [0.717, 1.165) is 36.1 Å². The molecule has 0 spiro atoms. The molecule has 1 aromatic heterocycles. The van der Waals surface area contributed by atoms with Crippen molar-refractivity contribution in [3.05, 3.63) is 21.4 Å². The lowest BCUT2D eigenvalue weighted by molar-refractivity contribution is -0.143. The number of amides is 1. The highest BCUT2D eigenvalue weighted by Crippen LogP contribution is 2.28. The first kappa shape index (κ1) is 15.0. The van der Waals surface area contributed by atoms with Gasteiger partial charge in [0.15, 0.2) is 0 Å². The van der Waals surface area contributed by atoms with E-state index in [0.29, 0.717) is 12.5 Å². The average Bonchev–Trinajstić information content (AvgIpc) is 2.76. The number of hydrogen-bond donors (Lipinski definition) is 2. The SMILES string of the molecule is Cc1cc(C(=O)NCC2CCC(C(=O)O)CC2)sc1C. The van der Waals surface area contributed by atoms with Gasteiger partial charge in [-0.3, -0.25) is 9.59 Å². The lowest BCUT2D eigenvalue weighted by Crippen LogP contribution is -2.32. The van der Waals surface area contributed by atoms with Gasteiger partial charge in [0.05, 0.1) is 10.8 Å². The quantitative estimate of drug-likeness (QED) is 0.897. The van der Waals surface area contributed by atoms with Crippen LogP contribution in [0.15, 0.2) is 6.07 Å². The van der Waals surface area contributed by atoms with E-state index in [1.54, 1.807) is 0 Å². The molecule has 0 aliphatic heterocycles. The third kappa shape index (κ3) is 3.60. The minimum absolute atomic E-state index is 0.00782. The topological polar surface area (TPSA) is 66.4 Å². The average molecular weight is 295 g/mol. The summed E-state index contributed by atoms with van der Waals surface area (Å²) in [6.45, 7) is 4.68. The number of hydrogen-bond acceptors (Lipinski definition) is 3. The fraction of sp³-hybridized carbons (Fsp3) is 0.600. The maximum absolute atomic E-state index is 12.0. The third-order valence-corrected chi connectivity index (χ3v) is 5.29. The summed E-state index contributed by atoms with van der Waals surface area (Å²) in [5.74, 6) is -0.468. The lowest BCUT2D eigenvalue weighted by Gasteiger charge is -2.26. The van der Waals surface area contributed by atoms with Crippen LogP contribution < -0.4 is 5.32 Å². The van der Waals surface area contributed by atoms with E-state index in [1.165, 1.54) is 16.2 Å². The first-order valence-electron chi connectivity index (χ1n) is 7.05. The van der Waals surface area contributed by atoms with Gasteiger partial charge < -0.3 is 10.4 Å². The zero-order chi connectivity index (χ0) is 14.7. The molecule has 1 saturated carbocycles. The normalized spacial score (nSPS) is 22.5. The Labute approximate surface area is 123 Å². The molecule has 1 aromatic rings. The van der Waals surface area contributed by atoms with Crippen LogP contribution in [0.1, 0.15) is 45.8 Å². The van der Waals surface area contributed by atoms with E-state index in [9.17, 15) is 9.59 Å². The van der Waals surface area contributed by atoms with Gasteiger partial charge in [0.25, 0.3) is 5.91 Å². The number of carbonyl (C=O) groups is 2. The molecule has 1 fully saturated rings. The van der Waals surface area contributed by atoms with Crippen LogP contribution >= 0.6 is 11.3 Å². The number of carboxylic acid groups (broad SMARTS) is 1. The number of carboxylic acids is 1. The Bertz CT molecular complexity index is 482. The van der Waals surface area contributed by atoms with Crippen LogP contribution in [0.25, 0.3) is 0 Å². The Hall–Kier alpha value is -1.36. The van der Waals surface area contributed by atoms with Crippen LogP contribution in [0.4, 0.5) is 0 Å². The van der Waals surface area contributed by atoms with Crippen LogP contribution in [0.5, 0.6) is 0 Å². The fourth-order valence-electron chi connectivity index (χ4n) is 2.62. The van der Waals surface area contributed by atoms with E-state index >= 15 is 0 Å². The second-order valence-electron chi connectivity index (χ2n) is 5.62. The summed E-state index contributed by atoms with van der Waals surface area (Å²) in [6.07, 6.45) is 3.24. The van der Waals surface area contributed by atoms with Crippen molar-refractivity contribution < 1.29 is 14.7 Å². The van der Waals surface area contributed by atoms with Gasteiger partial charge in [-0.15, -0.1) is 11.3 Å². The molecule has 0 bridgehead atoms. The van der Waals surface area contributed by atoms with Crippen molar-refractivity contribution in [1.82, 2.24) is 5.32 Å². The second kappa shape index (κ2) is 6.39. The summed E-state index contributed by atoms with van der Waals surface area (Å²) < 4.78 is 0. The molecule has 0 aromatic carbocycles. The minimum atomic E-state index is -0.683. The zero-order valence-electron chi connectivity index (χ0n) is 11.9. The standard InChI is InChI=1S/C15H21NO3S/c1-9-7-13(20-10(9)2)14(17)16-8-11-3-5-12(6-4-11)15(18)19/h7,11-12H,3-6,8H2,1-2H3,(H,16,17)(H,18,19). The predicted octanol–water partition coefficient (Wildman–Crippen LogP) is 2.99. The summed E-state index contributed by atoms with van der Waals surface area (Å²) in [5.41, 5.74) is 1.15. The molecule has 5 heteroatoms. The predicted molar refractivity (Wildman–Crippen MR) is 79.2 cm³/mol. The molecule has 1 aliphatic carbocycles. The first-order chi connectivity index (χ1) is 9.47. The minimum Gasteiger partial charge on any atom is -0.481 e.